The van der Waals surface area contributed by atoms with Crippen molar-refractivity contribution in [2.24, 2.45) is 4.99 Å². The van der Waals surface area contributed by atoms with Crippen molar-refractivity contribution in [3.8, 4) is 11.5 Å². The van der Waals surface area contributed by atoms with E-state index in [1.165, 1.54) is 18.3 Å². The van der Waals surface area contributed by atoms with Crippen molar-refractivity contribution >= 4 is 45.3 Å². The minimum atomic E-state index is -0.685. The summed E-state index contributed by atoms with van der Waals surface area (Å²) in [6.07, 6.45) is 1.73. The lowest BCUT2D eigenvalue weighted by Gasteiger charge is -2.25. The second-order valence-electron chi connectivity index (χ2n) is 9.48. The number of benzene rings is 2. The van der Waals surface area contributed by atoms with Gasteiger partial charge in [-0.15, -0.1) is 0 Å². The summed E-state index contributed by atoms with van der Waals surface area (Å²) in [7, 11) is 0. The third-order valence-corrected chi connectivity index (χ3v) is 7.88. The van der Waals surface area contributed by atoms with Crippen molar-refractivity contribution in [1.82, 2.24) is 4.57 Å². The van der Waals surface area contributed by atoms with Crippen molar-refractivity contribution in [2.75, 3.05) is 13.2 Å². The number of aromatic nitrogens is 1. The van der Waals surface area contributed by atoms with Crippen LogP contribution in [0.4, 0.5) is 0 Å². The monoisotopic (exact) mass is 626 g/mol. The van der Waals surface area contributed by atoms with Gasteiger partial charge in [-0.3, -0.25) is 14.2 Å². The van der Waals surface area contributed by atoms with Crippen LogP contribution in [-0.4, -0.2) is 29.7 Å². The number of fused-ring (bicyclic) bond motifs is 1. The van der Waals surface area contributed by atoms with Gasteiger partial charge in [0.05, 0.1) is 39.5 Å². The van der Waals surface area contributed by atoms with Gasteiger partial charge in [-0.1, -0.05) is 49.4 Å². The third kappa shape index (κ3) is 5.97. The second kappa shape index (κ2) is 12.3. The number of ether oxygens (including phenoxy) is 3. The molecule has 1 aromatic heterocycles. The Bertz CT molecular complexity index is 1670. The molecular weight excluding hydrogens is 596 g/mol. The fraction of sp³-hybridized carbons (Fsp3) is 0.333. The second-order valence-corrected chi connectivity index (χ2v) is 11.3. The van der Waals surface area contributed by atoms with Gasteiger partial charge in [-0.2, -0.15) is 0 Å². The van der Waals surface area contributed by atoms with Gasteiger partial charge in [0.25, 0.3) is 5.56 Å². The van der Waals surface area contributed by atoms with Crippen LogP contribution in [0.25, 0.3) is 6.08 Å². The summed E-state index contributed by atoms with van der Waals surface area (Å²) < 4.78 is 18.9. The number of halogens is 1. The van der Waals surface area contributed by atoms with Gasteiger partial charge in [0, 0.05) is 6.92 Å². The molecule has 3 aromatic rings. The Morgan fingerprint density at radius 1 is 1.15 bits per heavy atom. The van der Waals surface area contributed by atoms with Crippen molar-refractivity contribution in [3.63, 3.8) is 0 Å². The number of hydrogen-bond acceptors (Lipinski definition) is 8. The highest BCUT2D eigenvalue weighted by Gasteiger charge is 2.33. The van der Waals surface area contributed by atoms with E-state index in [1.54, 1.807) is 36.6 Å². The molecule has 1 aliphatic heterocycles. The van der Waals surface area contributed by atoms with Crippen LogP contribution in [0, 0.1) is 0 Å². The minimum Gasteiger partial charge on any atom is -0.490 e. The molecule has 8 nitrogen and oxygen atoms in total. The van der Waals surface area contributed by atoms with Crippen molar-refractivity contribution in [2.45, 2.75) is 53.5 Å². The van der Waals surface area contributed by atoms with Crippen LogP contribution < -0.4 is 24.4 Å². The molecule has 40 heavy (non-hydrogen) atoms. The zero-order valence-corrected chi connectivity index (χ0v) is 25.6. The highest BCUT2D eigenvalue weighted by Crippen LogP contribution is 2.37. The fourth-order valence-electron chi connectivity index (χ4n) is 4.50. The topological polar surface area (TPSA) is 96.2 Å². The van der Waals surface area contributed by atoms with Crippen LogP contribution in [0.3, 0.4) is 0 Å². The molecule has 0 fully saturated rings. The molecular formula is C30H31BrN2O6S. The van der Waals surface area contributed by atoms with Gasteiger partial charge in [0.15, 0.2) is 16.3 Å². The molecule has 1 atom stereocenters. The first-order valence-corrected chi connectivity index (χ1v) is 14.6. The first-order valence-electron chi connectivity index (χ1n) is 13.0. The molecule has 1 aliphatic rings. The van der Waals surface area contributed by atoms with E-state index < -0.39 is 18.0 Å². The van der Waals surface area contributed by atoms with E-state index in [0.717, 1.165) is 11.1 Å². The van der Waals surface area contributed by atoms with Crippen LogP contribution >= 0.6 is 27.3 Å². The van der Waals surface area contributed by atoms with E-state index in [2.05, 4.69) is 34.8 Å². The first kappa shape index (κ1) is 29.5. The van der Waals surface area contributed by atoms with Crippen molar-refractivity contribution in [1.29, 1.82) is 0 Å². The molecule has 0 saturated heterocycles. The standard InChI is InChI=1S/C30H31BrN2O6S/c1-7-37-23-14-19(13-22(31)27(23)39-18(6)34)15-24-28(35)33-26(21-11-9-20(10-12-21)16(3)4)25(29(36)38-8-2)17(5)32-30(33)40-24/h9-16,26H,7-8H2,1-6H3/b24-15-/t26-/m1/s1. The summed E-state index contributed by atoms with van der Waals surface area (Å²) in [4.78, 5) is 43.8. The lowest BCUT2D eigenvalue weighted by atomic mass is 9.93. The average molecular weight is 628 g/mol. The molecule has 4 rings (SSSR count). The molecule has 0 N–H and O–H groups in total. The van der Waals surface area contributed by atoms with Crippen LogP contribution in [0.5, 0.6) is 11.5 Å². The van der Waals surface area contributed by atoms with Gasteiger partial charge in [-0.25, -0.2) is 9.79 Å². The number of esters is 2. The van der Waals surface area contributed by atoms with Crippen LogP contribution in [0.1, 0.15) is 70.2 Å². The largest absolute Gasteiger partial charge is 0.490 e. The normalized spacial score (nSPS) is 15.1. The lowest BCUT2D eigenvalue weighted by Crippen LogP contribution is -2.39. The number of thiazole rings is 1. The molecule has 10 heteroatoms. The summed E-state index contributed by atoms with van der Waals surface area (Å²) in [5, 5.41) is 0. The van der Waals surface area contributed by atoms with E-state index in [1.807, 2.05) is 31.2 Å². The zero-order chi connectivity index (χ0) is 29.1. The summed E-state index contributed by atoms with van der Waals surface area (Å²) in [5.74, 6) is 0.00683. The number of allylic oxidation sites excluding steroid dienone is 1. The summed E-state index contributed by atoms with van der Waals surface area (Å²) in [6.45, 7) is 11.4. The Kier molecular flexibility index (Phi) is 9.10. The van der Waals surface area contributed by atoms with Gasteiger partial charge in [-0.05, 0) is 77.5 Å². The number of carbonyl (C=O) groups excluding carboxylic acids is 2. The Hall–Kier alpha value is -3.50. The molecule has 0 aliphatic carbocycles. The van der Waals surface area contributed by atoms with Crippen LogP contribution in [0.15, 0.2) is 61.9 Å². The lowest BCUT2D eigenvalue weighted by molar-refractivity contribution is -0.139. The maximum Gasteiger partial charge on any atom is 0.338 e. The maximum atomic E-state index is 13.9. The first-order chi connectivity index (χ1) is 19.0. The maximum absolute atomic E-state index is 13.9. The quantitative estimate of drug-likeness (QED) is 0.258. The molecule has 0 amide bonds. The van der Waals surface area contributed by atoms with Crippen molar-refractivity contribution < 1.29 is 23.8 Å². The van der Waals surface area contributed by atoms with E-state index >= 15 is 0 Å². The summed E-state index contributed by atoms with van der Waals surface area (Å²) in [5.41, 5.74) is 3.18. The average Bonchev–Trinajstić information content (AvgIpc) is 3.19. The predicted molar refractivity (Wildman–Crippen MR) is 158 cm³/mol. The van der Waals surface area contributed by atoms with Gasteiger partial charge in [0.2, 0.25) is 0 Å². The number of rotatable bonds is 8. The van der Waals surface area contributed by atoms with Crippen molar-refractivity contribution in [3.05, 3.63) is 88.5 Å². The van der Waals surface area contributed by atoms with Crippen LogP contribution in [-0.2, 0) is 14.3 Å². The highest BCUT2D eigenvalue weighted by atomic mass is 79.9. The van der Waals surface area contributed by atoms with E-state index in [4.69, 9.17) is 14.2 Å². The summed E-state index contributed by atoms with van der Waals surface area (Å²) in [6, 6.07) is 10.7. The molecule has 210 valence electrons. The number of hydrogen-bond donors (Lipinski definition) is 0. The fourth-order valence-corrected chi connectivity index (χ4v) is 6.09. The molecule has 0 spiro atoms. The van der Waals surface area contributed by atoms with Gasteiger partial charge < -0.3 is 14.2 Å². The van der Waals surface area contributed by atoms with Crippen LogP contribution in [0.2, 0.25) is 0 Å². The minimum absolute atomic E-state index is 0.208. The Labute approximate surface area is 244 Å². The molecule has 0 unspecified atom stereocenters. The molecule has 0 radical (unpaired) electrons. The van der Waals surface area contributed by atoms with E-state index in [-0.39, 0.29) is 17.9 Å². The molecule has 0 saturated carbocycles. The SMILES string of the molecule is CCOC(=O)C1=C(C)N=c2s/c(=C\c3cc(Br)c(OC(C)=O)c(OCC)c3)c(=O)n2[C@@H]1c1ccc(C(C)C)cc1. The highest BCUT2D eigenvalue weighted by molar-refractivity contribution is 9.10. The van der Waals surface area contributed by atoms with E-state index in [9.17, 15) is 14.4 Å². The van der Waals surface area contributed by atoms with Gasteiger partial charge in [0.1, 0.15) is 0 Å². The van der Waals surface area contributed by atoms with Gasteiger partial charge >= 0.3 is 11.9 Å². The molecule has 0 bridgehead atoms. The molecule has 2 heterocycles. The van der Waals surface area contributed by atoms with E-state index in [0.29, 0.717) is 48.9 Å². The summed E-state index contributed by atoms with van der Waals surface area (Å²) >= 11 is 4.69. The Balaban J connectivity index is 1.91. The molecule has 2 aromatic carbocycles. The zero-order valence-electron chi connectivity index (χ0n) is 23.2. The Morgan fingerprint density at radius 2 is 1.85 bits per heavy atom. The smallest absolute Gasteiger partial charge is 0.338 e. The number of nitrogens with zero attached hydrogens (tertiary/aromatic N) is 2. The third-order valence-electron chi connectivity index (χ3n) is 6.31. The Morgan fingerprint density at radius 3 is 2.45 bits per heavy atom. The predicted octanol–water partition coefficient (Wildman–Crippen LogP) is 5.01. The number of carbonyl (C=O) groups is 2.